The lowest BCUT2D eigenvalue weighted by Gasteiger charge is -2.14. The zero-order chi connectivity index (χ0) is 19.0. The summed E-state index contributed by atoms with van der Waals surface area (Å²) in [6.07, 6.45) is 4.13. The molecule has 0 atom stereocenters. The van der Waals surface area contributed by atoms with Crippen LogP contribution < -0.4 is 11.1 Å². The summed E-state index contributed by atoms with van der Waals surface area (Å²) in [6, 6.07) is 9.47. The number of rotatable bonds is 6. The third-order valence-corrected chi connectivity index (χ3v) is 6.43. The Hall–Kier alpha value is -2.67. The van der Waals surface area contributed by atoms with E-state index in [9.17, 15) is 14.4 Å². The second-order valence-corrected chi connectivity index (χ2v) is 8.10. The summed E-state index contributed by atoms with van der Waals surface area (Å²) in [7, 11) is 0. The van der Waals surface area contributed by atoms with E-state index in [1.54, 1.807) is 0 Å². The molecule has 27 heavy (non-hydrogen) atoms. The molecule has 0 bridgehead atoms. The molecule has 6 nitrogen and oxygen atoms in total. The van der Waals surface area contributed by atoms with Crippen molar-refractivity contribution < 1.29 is 19.1 Å². The van der Waals surface area contributed by atoms with Crippen LogP contribution in [-0.4, -0.2) is 24.4 Å². The van der Waals surface area contributed by atoms with Gasteiger partial charge < -0.3 is 15.8 Å². The van der Waals surface area contributed by atoms with Gasteiger partial charge in [0, 0.05) is 4.88 Å². The van der Waals surface area contributed by atoms with Gasteiger partial charge in [-0.05, 0) is 43.2 Å². The zero-order valence-electron chi connectivity index (χ0n) is 14.7. The number of hydrogen-bond acceptors (Lipinski definition) is 5. The number of fused-ring (bicyclic) bond motifs is 1. The minimum absolute atomic E-state index is 0.381. The Kier molecular flexibility index (Phi) is 4.47. The number of amides is 2. The highest BCUT2D eigenvalue weighted by Crippen LogP contribution is 2.49. The number of primary amides is 1. The van der Waals surface area contributed by atoms with Gasteiger partial charge in [-0.2, -0.15) is 0 Å². The Morgan fingerprint density at radius 1 is 1.15 bits per heavy atom. The average Bonchev–Trinajstić information content (AvgIpc) is 3.23. The van der Waals surface area contributed by atoms with E-state index in [0.29, 0.717) is 10.6 Å². The first-order valence-electron chi connectivity index (χ1n) is 8.98. The van der Waals surface area contributed by atoms with Crippen LogP contribution in [0.15, 0.2) is 30.3 Å². The maximum absolute atomic E-state index is 12.5. The standard InChI is InChI=1S/C20H20N2O4S/c21-17(24)16-13-7-4-8-14(13)27-18(16)22-15(23)11-26-19(25)20(9-10-20)12-5-2-1-3-6-12/h1-3,5-6H,4,7-11H2,(H2,21,24)(H,22,23). The predicted octanol–water partition coefficient (Wildman–Crippen LogP) is 2.55. The molecule has 2 aliphatic rings. The first-order chi connectivity index (χ1) is 13.0. The van der Waals surface area contributed by atoms with E-state index in [1.807, 2.05) is 30.3 Å². The number of benzene rings is 1. The summed E-state index contributed by atoms with van der Waals surface area (Å²) in [5, 5.41) is 3.15. The zero-order valence-corrected chi connectivity index (χ0v) is 15.6. The lowest BCUT2D eigenvalue weighted by molar-refractivity contribution is -0.150. The second-order valence-electron chi connectivity index (χ2n) is 7.00. The van der Waals surface area contributed by atoms with Crippen molar-refractivity contribution in [2.24, 2.45) is 5.73 Å². The fourth-order valence-corrected chi connectivity index (χ4v) is 4.99. The molecular weight excluding hydrogens is 364 g/mol. The van der Waals surface area contributed by atoms with Gasteiger partial charge in [0.25, 0.3) is 11.8 Å². The van der Waals surface area contributed by atoms with Gasteiger partial charge >= 0.3 is 5.97 Å². The third kappa shape index (κ3) is 3.23. The molecule has 140 valence electrons. The molecule has 1 fully saturated rings. The van der Waals surface area contributed by atoms with Crippen LogP contribution >= 0.6 is 11.3 Å². The Labute approximate surface area is 160 Å². The van der Waals surface area contributed by atoms with Crippen LogP contribution in [0.25, 0.3) is 0 Å². The monoisotopic (exact) mass is 384 g/mol. The number of hydrogen-bond donors (Lipinski definition) is 2. The number of esters is 1. The molecule has 2 amide bonds. The van der Waals surface area contributed by atoms with Crippen molar-refractivity contribution in [3.63, 3.8) is 0 Å². The first-order valence-corrected chi connectivity index (χ1v) is 9.80. The summed E-state index contributed by atoms with van der Waals surface area (Å²) < 4.78 is 5.27. The van der Waals surface area contributed by atoms with Crippen LogP contribution in [0.5, 0.6) is 0 Å². The van der Waals surface area contributed by atoms with Crippen molar-refractivity contribution in [1.29, 1.82) is 0 Å². The molecule has 1 saturated carbocycles. The molecule has 2 aliphatic carbocycles. The molecule has 1 aromatic carbocycles. The van der Waals surface area contributed by atoms with Gasteiger partial charge in [-0.3, -0.25) is 14.4 Å². The largest absolute Gasteiger partial charge is 0.455 e. The minimum Gasteiger partial charge on any atom is -0.455 e. The van der Waals surface area contributed by atoms with Crippen LogP contribution in [0, 0.1) is 0 Å². The number of ether oxygens (including phenoxy) is 1. The lowest BCUT2D eigenvalue weighted by atomic mass is 9.96. The highest BCUT2D eigenvalue weighted by atomic mass is 32.1. The molecule has 0 aliphatic heterocycles. The molecule has 4 rings (SSSR count). The summed E-state index contributed by atoms with van der Waals surface area (Å²) >= 11 is 1.38. The molecule has 0 unspecified atom stereocenters. The van der Waals surface area contributed by atoms with Gasteiger partial charge in [0.2, 0.25) is 0 Å². The molecule has 3 N–H and O–H groups in total. The van der Waals surface area contributed by atoms with E-state index in [2.05, 4.69) is 5.32 Å². The van der Waals surface area contributed by atoms with Gasteiger partial charge in [-0.15, -0.1) is 11.3 Å². The van der Waals surface area contributed by atoms with Crippen molar-refractivity contribution in [2.75, 3.05) is 11.9 Å². The van der Waals surface area contributed by atoms with Crippen LogP contribution in [0.3, 0.4) is 0 Å². The molecule has 0 spiro atoms. The molecule has 0 radical (unpaired) electrons. The van der Waals surface area contributed by atoms with Gasteiger partial charge in [0.15, 0.2) is 6.61 Å². The van der Waals surface area contributed by atoms with Crippen molar-refractivity contribution in [2.45, 2.75) is 37.5 Å². The Bertz CT molecular complexity index is 916. The number of nitrogens with one attached hydrogen (secondary N) is 1. The highest BCUT2D eigenvalue weighted by molar-refractivity contribution is 7.17. The fraction of sp³-hybridized carbons (Fsp3) is 0.350. The number of nitrogens with two attached hydrogens (primary N) is 1. The van der Waals surface area contributed by atoms with Crippen molar-refractivity contribution in [1.82, 2.24) is 0 Å². The number of anilines is 1. The summed E-state index contributed by atoms with van der Waals surface area (Å²) in [6.45, 7) is -0.381. The fourth-order valence-electron chi connectivity index (χ4n) is 3.68. The normalized spacial score (nSPS) is 16.4. The second kappa shape index (κ2) is 6.81. The first kappa shape index (κ1) is 17.7. The van der Waals surface area contributed by atoms with Gasteiger partial charge in [-0.25, -0.2) is 0 Å². The predicted molar refractivity (Wildman–Crippen MR) is 102 cm³/mol. The molecule has 0 saturated heterocycles. The Morgan fingerprint density at radius 2 is 1.89 bits per heavy atom. The summed E-state index contributed by atoms with van der Waals surface area (Å²) in [5.74, 6) is -1.38. The molecule has 1 aromatic heterocycles. The highest BCUT2D eigenvalue weighted by Gasteiger charge is 2.52. The number of carbonyl (C=O) groups excluding carboxylic acids is 3. The summed E-state index contributed by atoms with van der Waals surface area (Å²) in [5.41, 5.74) is 7.13. The molecule has 2 aromatic rings. The molecule has 7 heteroatoms. The number of carbonyl (C=O) groups is 3. The van der Waals surface area contributed by atoms with Gasteiger partial charge in [-0.1, -0.05) is 30.3 Å². The number of thiophene rings is 1. The van der Waals surface area contributed by atoms with Crippen LogP contribution in [-0.2, 0) is 32.6 Å². The van der Waals surface area contributed by atoms with E-state index in [0.717, 1.165) is 48.1 Å². The Balaban J connectivity index is 1.40. The molecular formula is C20H20N2O4S. The SMILES string of the molecule is NC(=O)c1c(NC(=O)COC(=O)C2(c3ccccc3)CC2)sc2c1CCC2. The van der Waals surface area contributed by atoms with Crippen molar-refractivity contribution >= 4 is 34.1 Å². The van der Waals surface area contributed by atoms with Gasteiger partial charge in [0.05, 0.1) is 11.0 Å². The third-order valence-electron chi connectivity index (χ3n) is 5.22. The minimum atomic E-state index is -0.621. The lowest BCUT2D eigenvalue weighted by Crippen LogP contribution is -2.28. The van der Waals surface area contributed by atoms with Gasteiger partial charge in [0.1, 0.15) is 5.00 Å². The van der Waals surface area contributed by atoms with E-state index < -0.39 is 17.2 Å². The van der Waals surface area contributed by atoms with Crippen molar-refractivity contribution in [3.8, 4) is 0 Å². The van der Waals surface area contributed by atoms with E-state index in [-0.39, 0.29) is 12.6 Å². The van der Waals surface area contributed by atoms with Crippen molar-refractivity contribution in [3.05, 3.63) is 51.9 Å². The smallest absolute Gasteiger partial charge is 0.317 e. The van der Waals surface area contributed by atoms with E-state index in [1.165, 1.54) is 11.3 Å². The maximum atomic E-state index is 12.5. The van der Waals surface area contributed by atoms with Crippen LogP contribution in [0.2, 0.25) is 0 Å². The summed E-state index contributed by atoms with van der Waals surface area (Å²) in [4.78, 5) is 37.6. The topological polar surface area (TPSA) is 98.5 Å². The number of aryl methyl sites for hydroxylation is 1. The Morgan fingerprint density at radius 3 is 2.56 bits per heavy atom. The van der Waals surface area contributed by atoms with E-state index >= 15 is 0 Å². The maximum Gasteiger partial charge on any atom is 0.317 e. The average molecular weight is 384 g/mol. The van der Waals surface area contributed by atoms with Crippen LogP contribution in [0.4, 0.5) is 5.00 Å². The molecule has 1 heterocycles. The quantitative estimate of drug-likeness (QED) is 0.748. The van der Waals surface area contributed by atoms with E-state index in [4.69, 9.17) is 10.5 Å². The van der Waals surface area contributed by atoms with Crippen LogP contribution in [0.1, 0.15) is 45.6 Å².